The molecule has 0 saturated carbocycles. The molecule has 1 aromatic carbocycles. The van der Waals surface area contributed by atoms with Crippen LogP contribution in [0.1, 0.15) is 0 Å². The van der Waals surface area contributed by atoms with Gasteiger partial charge in [0.05, 0.1) is 7.05 Å². The number of aromatic nitrogens is 1. The third kappa shape index (κ3) is 7.42. The zero-order valence-corrected chi connectivity index (χ0v) is 11.6. The van der Waals surface area contributed by atoms with Crippen molar-refractivity contribution in [1.82, 2.24) is 0 Å². The summed E-state index contributed by atoms with van der Waals surface area (Å²) in [6.45, 7) is 0.466. The number of hydrogen-bond acceptors (Lipinski definition) is 2. The van der Waals surface area contributed by atoms with Gasteiger partial charge >= 0.3 is 39.0 Å². The molecule has 0 bridgehead atoms. The number of nitrogens with zero attached hydrogens (tertiary/aromatic N) is 1. The molecule has 10 heteroatoms. The molecule has 0 aliphatic rings. The van der Waals surface area contributed by atoms with Crippen LogP contribution in [0.4, 0.5) is 31.2 Å². The van der Waals surface area contributed by atoms with E-state index in [1.807, 2.05) is 35.9 Å². The number of rotatable bonds is 2. The van der Waals surface area contributed by atoms with Crippen LogP contribution in [0.15, 0.2) is 28.7 Å². The van der Waals surface area contributed by atoms with E-state index in [9.17, 15) is 25.2 Å². The minimum atomic E-state index is -10.7. The van der Waals surface area contributed by atoms with E-state index in [0.29, 0.717) is 12.6 Å². The molecule has 21 heavy (non-hydrogen) atoms. The molecule has 0 radical (unpaired) electrons. The predicted molar refractivity (Wildman–Crippen MR) is 68.3 cm³/mol. The molecule has 0 aliphatic carbocycles. The topological polar surface area (TPSA) is 29.1 Å². The van der Waals surface area contributed by atoms with Crippen molar-refractivity contribution in [3.8, 4) is 12.3 Å². The Hall–Kier alpha value is -1.94. The van der Waals surface area contributed by atoms with Crippen LogP contribution in [-0.4, -0.2) is 6.54 Å². The Bertz CT molecular complexity index is 674. The molecule has 1 aromatic heterocycles. The molecule has 0 fully saturated rings. The number of aryl methyl sites for hydroxylation is 1. The van der Waals surface area contributed by atoms with Crippen LogP contribution in [0, 0.1) is 12.3 Å². The molecule has 0 spiro atoms. The molecule has 2 rings (SSSR count). The van der Waals surface area contributed by atoms with Gasteiger partial charge in [0, 0.05) is 0 Å². The monoisotopic (exact) mass is 332 g/mol. The van der Waals surface area contributed by atoms with Gasteiger partial charge in [-0.3, -0.25) is 0 Å². The Kier molecular flexibility index (Phi) is 3.92. The van der Waals surface area contributed by atoms with Gasteiger partial charge in [0.2, 0.25) is 0 Å². The Labute approximate surface area is 115 Å². The molecule has 0 aliphatic heterocycles. The van der Waals surface area contributed by atoms with E-state index >= 15 is 0 Å². The molecule has 0 unspecified atom stereocenters. The van der Waals surface area contributed by atoms with Gasteiger partial charge in [-0.1, -0.05) is 18.1 Å². The molecule has 118 valence electrons. The van der Waals surface area contributed by atoms with Crippen LogP contribution in [0.3, 0.4) is 0 Å². The third-order valence-electron chi connectivity index (χ3n) is 2.08. The maximum absolute atomic E-state index is 10.7. The fourth-order valence-corrected chi connectivity index (χ4v) is 1.38. The summed E-state index contributed by atoms with van der Waals surface area (Å²) in [5, 5.41) is 3.01. The Morgan fingerprint density at radius 1 is 1.19 bits per heavy atom. The second-order valence-electron chi connectivity index (χ2n) is 3.95. The number of para-hydroxylation sites is 2. The molecule has 1 N–H and O–H groups in total. The van der Waals surface area contributed by atoms with Crippen LogP contribution in [-0.2, 0) is 7.05 Å². The quantitative estimate of drug-likeness (QED) is 0.374. The molecule has 3 nitrogen and oxygen atoms in total. The minimum absolute atomic E-state index is 0.466. The first-order valence-corrected chi connectivity index (χ1v) is 7.42. The van der Waals surface area contributed by atoms with Crippen LogP contribution < -0.4 is 9.88 Å². The number of oxazole rings is 1. The van der Waals surface area contributed by atoms with Gasteiger partial charge in [0.25, 0.3) is 0 Å². The molecule has 0 saturated heterocycles. The summed E-state index contributed by atoms with van der Waals surface area (Å²) in [6.07, 6.45) is 5.16. The first-order chi connectivity index (χ1) is 9.28. The normalized spacial score (nSPS) is 14.4. The van der Waals surface area contributed by atoms with Crippen molar-refractivity contribution < 1.29 is 34.2 Å². The van der Waals surface area contributed by atoms with Gasteiger partial charge in [-0.25, -0.2) is 5.32 Å². The maximum atomic E-state index is 9.87. The fraction of sp³-hybridized carbons (Fsp3) is 0.182. The zero-order chi connectivity index (χ0) is 16.4. The first-order valence-electron chi connectivity index (χ1n) is 5.39. The van der Waals surface area contributed by atoms with Crippen molar-refractivity contribution in [2.75, 3.05) is 11.9 Å². The fourth-order valence-electron chi connectivity index (χ4n) is 1.38. The van der Waals surface area contributed by atoms with E-state index in [1.54, 1.807) is 0 Å². The average Bonchev–Trinajstić information content (AvgIpc) is 2.60. The summed E-state index contributed by atoms with van der Waals surface area (Å²) < 4.78 is 66.7. The molecular formula is C11H11F6N2OP. The number of fused-ring (bicyclic) bond motifs is 1. The van der Waals surface area contributed by atoms with E-state index in [4.69, 9.17) is 10.8 Å². The van der Waals surface area contributed by atoms with Gasteiger partial charge < -0.3 is 4.42 Å². The summed E-state index contributed by atoms with van der Waals surface area (Å²) in [4.78, 5) is 0. The van der Waals surface area contributed by atoms with Gasteiger partial charge in [0.1, 0.15) is 6.54 Å². The molecule has 0 amide bonds. The van der Waals surface area contributed by atoms with Gasteiger partial charge in [0.15, 0.2) is 11.1 Å². The van der Waals surface area contributed by atoms with E-state index in [2.05, 4.69) is 11.2 Å². The van der Waals surface area contributed by atoms with Crippen LogP contribution in [0.2, 0.25) is 0 Å². The average molecular weight is 332 g/mol. The molecule has 0 atom stereocenters. The first kappa shape index (κ1) is 17.1. The van der Waals surface area contributed by atoms with Crippen LogP contribution >= 0.6 is 7.81 Å². The third-order valence-corrected chi connectivity index (χ3v) is 2.08. The van der Waals surface area contributed by atoms with Gasteiger partial charge in [-0.15, -0.1) is 6.42 Å². The summed E-state index contributed by atoms with van der Waals surface area (Å²) in [6, 6.07) is 8.53. The second-order valence-corrected chi connectivity index (χ2v) is 5.87. The van der Waals surface area contributed by atoms with Crippen LogP contribution in [0.25, 0.3) is 11.1 Å². The van der Waals surface area contributed by atoms with E-state index in [-0.39, 0.29) is 0 Å². The Morgan fingerprint density at radius 3 is 2.19 bits per heavy atom. The van der Waals surface area contributed by atoms with Gasteiger partial charge in [-0.05, 0) is 12.1 Å². The Morgan fingerprint density at radius 2 is 1.71 bits per heavy atom. The summed E-state index contributed by atoms with van der Waals surface area (Å²) in [7, 11) is -8.72. The number of benzene rings is 1. The number of nitrogens with one attached hydrogen (secondary N) is 1. The van der Waals surface area contributed by atoms with Crippen molar-refractivity contribution in [2.45, 2.75) is 0 Å². The van der Waals surface area contributed by atoms with Crippen molar-refractivity contribution in [3.63, 3.8) is 0 Å². The predicted octanol–water partition coefficient (Wildman–Crippen LogP) is 4.68. The van der Waals surface area contributed by atoms with E-state index in [0.717, 1.165) is 11.1 Å². The number of terminal acetylenes is 1. The summed E-state index contributed by atoms with van der Waals surface area (Å²) in [5.41, 5.74) is 1.90. The number of halogens is 6. The van der Waals surface area contributed by atoms with Crippen molar-refractivity contribution >= 4 is 24.9 Å². The molecular weight excluding hydrogens is 321 g/mol. The van der Waals surface area contributed by atoms with Gasteiger partial charge in [-0.2, -0.15) is 4.57 Å². The van der Waals surface area contributed by atoms with Crippen LogP contribution in [0.5, 0.6) is 0 Å². The summed E-state index contributed by atoms with van der Waals surface area (Å²) in [5.74, 6) is 2.50. The standard InChI is InChI=1S/C11H10N2O.F6P/c1-3-8-12-11-13(2)9-6-4-5-7-10(9)14-11;1-7(2,3,4,5)6/h1,4-7H,8H2,2H3;/q;-1/p+1. The SMILES string of the molecule is C#CCNc1oc2ccccc2[n+]1C.F[P-](F)(F)(F)(F)F. The number of hydrogen-bond donors (Lipinski definition) is 1. The van der Waals surface area contributed by atoms with E-state index < -0.39 is 7.81 Å². The summed E-state index contributed by atoms with van der Waals surface area (Å²) >= 11 is 0. The van der Waals surface area contributed by atoms with Crippen molar-refractivity contribution in [2.24, 2.45) is 7.05 Å². The molecule has 2 aromatic rings. The molecule has 1 heterocycles. The van der Waals surface area contributed by atoms with Crippen molar-refractivity contribution in [3.05, 3.63) is 24.3 Å². The second kappa shape index (κ2) is 4.81. The number of anilines is 1. The van der Waals surface area contributed by atoms with E-state index in [1.165, 1.54) is 0 Å². The van der Waals surface area contributed by atoms with Crippen molar-refractivity contribution in [1.29, 1.82) is 0 Å². The Balaban J connectivity index is 0.000000270. The zero-order valence-electron chi connectivity index (χ0n) is 10.7.